The van der Waals surface area contributed by atoms with Crippen LogP contribution >= 0.6 is 0 Å². The number of carbonyl (C=O) groups is 2. The number of carboxylic acid groups (broad SMARTS) is 1. The molecule has 0 saturated carbocycles. The molecule has 0 aliphatic rings. The molecule has 0 fully saturated rings. The topological polar surface area (TPSA) is 98.7 Å². The molecule has 0 heterocycles. The minimum atomic E-state index is -1.62. The predicted molar refractivity (Wildman–Crippen MR) is 49.8 cm³/mol. The molecule has 0 bridgehead atoms. The molecule has 0 aliphatic heterocycles. The standard InChI is InChI=1S/C8H16N2O4/c1-2-9-3-4-10-7(12)5-6(11)8(13)14/h6,9,11H,2-5H2,1H3,(H,10,12)(H,13,14). The van der Waals surface area contributed by atoms with Crippen molar-refractivity contribution in [3.63, 3.8) is 0 Å². The van der Waals surface area contributed by atoms with Crippen LogP contribution in [0.2, 0.25) is 0 Å². The number of carbonyl (C=O) groups excluding carboxylic acids is 1. The lowest BCUT2D eigenvalue weighted by Gasteiger charge is -2.07. The highest BCUT2D eigenvalue weighted by Crippen LogP contribution is 1.90. The Morgan fingerprint density at radius 2 is 2.00 bits per heavy atom. The molecule has 82 valence electrons. The Balaban J connectivity index is 3.50. The van der Waals surface area contributed by atoms with E-state index in [0.29, 0.717) is 13.1 Å². The highest BCUT2D eigenvalue weighted by atomic mass is 16.4. The van der Waals surface area contributed by atoms with Crippen molar-refractivity contribution in [2.45, 2.75) is 19.4 Å². The zero-order valence-corrected chi connectivity index (χ0v) is 8.12. The summed E-state index contributed by atoms with van der Waals surface area (Å²) in [6.45, 7) is 3.81. The van der Waals surface area contributed by atoms with Crippen molar-refractivity contribution in [2.24, 2.45) is 0 Å². The third-order valence-electron chi connectivity index (χ3n) is 1.54. The Bertz CT molecular complexity index is 196. The summed E-state index contributed by atoms with van der Waals surface area (Å²) in [4.78, 5) is 21.1. The first-order chi connectivity index (χ1) is 6.57. The quantitative estimate of drug-likeness (QED) is 0.380. The van der Waals surface area contributed by atoms with Crippen LogP contribution in [0.1, 0.15) is 13.3 Å². The van der Waals surface area contributed by atoms with Gasteiger partial charge in [0.2, 0.25) is 5.91 Å². The van der Waals surface area contributed by atoms with Gasteiger partial charge in [-0.15, -0.1) is 0 Å². The maximum absolute atomic E-state index is 11.0. The number of rotatable bonds is 7. The summed E-state index contributed by atoms with van der Waals surface area (Å²) in [5.41, 5.74) is 0. The first kappa shape index (κ1) is 12.9. The van der Waals surface area contributed by atoms with Crippen molar-refractivity contribution in [3.8, 4) is 0 Å². The molecule has 1 unspecified atom stereocenters. The van der Waals surface area contributed by atoms with E-state index in [1.54, 1.807) is 0 Å². The van der Waals surface area contributed by atoms with Crippen molar-refractivity contribution in [3.05, 3.63) is 0 Å². The van der Waals surface area contributed by atoms with Crippen molar-refractivity contribution in [1.29, 1.82) is 0 Å². The van der Waals surface area contributed by atoms with Gasteiger partial charge in [-0.25, -0.2) is 4.79 Å². The second-order valence-electron chi connectivity index (χ2n) is 2.76. The Labute approximate surface area is 82.3 Å². The van der Waals surface area contributed by atoms with Crippen molar-refractivity contribution in [2.75, 3.05) is 19.6 Å². The third kappa shape index (κ3) is 6.38. The van der Waals surface area contributed by atoms with Gasteiger partial charge in [-0.1, -0.05) is 6.92 Å². The van der Waals surface area contributed by atoms with E-state index in [0.717, 1.165) is 6.54 Å². The van der Waals surface area contributed by atoms with E-state index in [1.165, 1.54) is 0 Å². The van der Waals surface area contributed by atoms with E-state index in [2.05, 4.69) is 10.6 Å². The fourth-order valence-electron chi connectivity index (χ4n) is 0.802. The van der Waals surface area contributed by atoms with Gasteiger partial charge in [-0.3, -0.25) is 4.79 Å². The smallest absolute Gasteiger partial charge is 0.333 e. The SMILES string of the molecule is CCNCCNC(=O)CC(O)C(=O)O. The summed E-state index contributed by atoms with van der Waals surface area (Å²) >= 11 is 0. The Morgan fingerprint density at radius 1 is 1.36 bits per heavy atom. The number of aliphatic carboxylic acids is 1. The fraction of sp³-hybridized carbons (Fsp3) is 0.750. The van der Waals surface area contributed by atoms with E-state index in [1.807, 2.05) is 6.92 Å². The van der Waals surface area contributed by atoms with Gasteiger partial charge in [0.05, 0.1) is 6.42 Å². The normalized spacial score (nSPS) is 12.1. The van der Waals surface area contributed by atoms with Crippen LogP contribution in [0.4, 0.5) is 0 Å². The largest absolute Gasteiger partial charge is 0.479 e. The summed E-state index contributed by atoms with van der Waals surface area (Å²) in [5.74, 6) is -1.84. The molecule has 0 aromatic carbocycles. The zero-order valence-electron chi connectivity index (χ0n) is 8.12. The van der Waals surface area contributed by atoms with Crippen LogP contribution in [0.25, 0.3) is 0 Å². The molecule has 1 amide bonds. The predicted octanol–water partition coefficient (Wildman–Crippen LogP) is -1.45. The summed E-state index contributed by atoms with van der Waals surface area (Å²) < 4.78 is 0. The van der Waals surface area contributed by atoms with Crippen molar-refractivity contribution >= 4 is 11.9 Å². The lowest BCUT2D eigenvalue weighted by Crippen LogP contribution is -2.35. The first-order valence-corrected chi connectivity index (χ1v) is 4.46. The zero-order chi connectivity index (χ0) is 11.0. The molecule has 0 saturated heterocycles. The van der Waals surface area contributed by atoms with Crippen LogP contribution in [0.5, 0.6) is 0 Å². The highest BCUT2D eigenvalue weighted by molar-refractivity contribution is 5.83. The maximum atomic E-state index is 11.0. The average Bonchev–Trinajstić information content (AvgIpc) is 2.12. The molecule has 0 rings (SSSR count). The fourth-order valence-corrected chi connectivity index (χ4v) is 0.802. The molecular formula is C8H16N2O4. The summed E-state index contributed by atoms with van der Waals surface area (Å²) in [6.07, 6.45) is -2.02. The van der Waals surface area contributed by atoms with Crippen LogP contribution in [0, 0.1) is 0 Å². The van der Waals surface area contributed by atoms with E-state index in [9.17, 15) is 9.59 Å². The molecule has 6 nitrogen and oxygen atoms in total. The molecular weight excluding hydrogens is 188 g/mol. The minimum Gasteiger partial charge on any atom is -0.479 e. The summed E-state index contributed by atoms with van der Waals surface area (Å²) in [7, 11) is 0. The summed E-state index contributed by atoms with van der Waals surface area (Å²) in [6, 6.07) is 0. The minimum absolute atomic E-state index is 0.401. The number of nitrogens with one attached hydrogen (secondary N) is 2. The molecule has 0 aromatic rings. The molecule has 0 radical (unpaired) electrons. The lowest BCUT2D eigenvalue weighted by molar-refractivity contribution is -0.149. The van der Waals surface area contributed by atoms with Crippen LogP contribution < -0.4 is 10.6 Å². The Morgan fingerprint density at radius 3 is 2.50 bits per heavy atom. The Kier molecular flexibility index (Phi) is 6.69. The van der Waals surface area contributed by atoms with Crippen molar-refractivity contribution < 1.29 is 19.8 Å². The second kappa shape index (κ2) is 7.28. The van der Waals surface area contributed by atoms with Crippen LogP contribution in [-0.4, -0.2) is 47.8 Å². The second-order valence-corrected chi connectivity index (χ2v) is 2.76. The molecule has 6 heteroatoms. The van der Waals surface area contributed by atoms with E-state index >= 15 is 0 Å². The van der Waals surface area contributed by atoms with Gasteiger partial charge >= 0.3 is 5.97 Å². The summed E-state index contributed by atoms with van der Waals surface area (Å²) in [5, 5.41) is 22.6. The van der Waals surface area contributed by atoms with Gasteiger partial charge in [0, 0.05) is 13.1 Å². The van der Waals surface area contributed by atoms with Crippen molar-refractivity contribution in [1.82, 2.24) is 10.6 Å². The molecule has 1 atom stereocenters. The van der Waals surface area contributed by atoms with Gasteiger partial charge < -0.3 is 20.8 Å². The van der Waals surface area contributed by atoms with Gasteiger partial charge in [0.25, 0.3) is 0 Å². The Hall–Kier alpha value is -1.14. The van der Waals surface area contributed by atoms with Gasteiger partial charge in [0.1, 0.15) is 0 Å². The number of hydrogen-bond donors (Lipinski definition) is 4. The number of aliphatic hydroxyl groups excluding tert-OH is 1. The molecule has 0 aromatic heterocycles. The number of hydrogen-bond acceptors (Lipinski definition) is 4. The van der Waals surface area contributed by atoms with E-state index in [4.69, 9.17) is 10.2 Å². The van der Waals surface area contributed by atoms with Crippen LogP contribution in [0.15, 0.2) is 0 Å². The van der Waals surface area contributed by atoms with Gasteiger partial charge in [-0.05, 0) is 6.54 Å². The van der Waals surface area contributed by atoms with Gasteiger partial charge in [-0.2, -0.15) is 0 Å². The maximum Gasteiger partial charge on any atom is 0.333 e. The molecule has 0 spiro atoms. The van der Waals surface area contributed by atoms with E-state index in [-0.39, 0.29) is 0 Å². The first-order valence-electron chi connectivity index (χ1n) is 4.46. The molecule has 4 N–H and O–H groups in total. The number of aliphatic hydroxyl groups is 1. The van der Waals surface area contributed by atoms with Crippen LogP contribution in [0.3, 0.4) is 0 Å². The molecule has 14 heavy (non-hydrogen) atoms. The van der Waals surface area contributed by atoms with Crippen LogP contribution in [-0.2, 0) is 9.59 Å². The highest BCUT2D eigenvalue weighted by Gasteiger charge is 2.16. The molecule has 0 aliphatic carbocycles. The van der Waals surface area contributed by atoms with E-state index < -0.39 is 24.4 Å². The number of carboxylic acids is 1. The van der Waals surface area contributed by atoms with Gasteiger partial charge in [0.15, 0.2) is 6.10 Å². The lowest BCUT2D eigenvalue weighted by atomic mass is 10.2. The average molecular weight is 204 g/mol. The number of amides is 1. The number of likely N-dealkylation sites (N-methyl/N-ethyl adjacent to an activating group) is 1. The third-order valence-corrected chi connectivity index (χ3v) is 1.54. The monoisotopic (exact) mass is 204 g/mol.